The second kappa shape index (κ2) is 8.73. The molecule has 1 aromatic carbocycles. The van der Waals surface area contributed by atoms with Gasteiger partial charge in [0.25, 0.3) is 0 Å². The highest BCUT2D eigenvalue weighted by Crippen LogP contribution is 2.19. The van der Waals surface area contributed by atoms with Gasteiger partial charge in [-0.05, 0) is 37.1 Å². The molecule has 0 aliphatic carbocycles. The van der Waals surface area contributed by atoms with E-state index in [0.29, 0.717) is 6.42 Å². The molecule has 19 heavy (non-hydrogen) atoms. The van der Waals surface area contributed by atoms with E-state index in [0.717, 1.165) is 23.3 Å². The van der Waals surface area contributed by atoms with Gasteiger partial charge in [-0.3, -0.25) is 4.79 Å². The highest BCUT2D eigenvalue weighted by atomic mass is 16.5. The van der Waals surface area contributed by atoms with Crippen LogP contribution < -0.4 is 4.74 Å². The van der Waals surface area contributed by atoms with E-state index in [1.807, 2.05) is 25.1 Å². The van der Waals surface area contributed by atoms with E-state index in [1.165, 1.54) is 32.1 Å². The number of hydrogen-bond acceptors (Lipinski definition) is 2. The molecule has 0 aliphatic heterocycles. The van der Waals surface area contributed by atoms with Crippen LogP contribution in [0.1, 0.15) is 67.8 Å². The van der Waals surface area contributed by atoms with Gasteiger partial charge in [-0.25, -0.2) is 0 Å². The van der Waals surface area contributed by atoms with Crippen molar-refractivity contribution >= 4 is 5.78 Å². The molecule has 0 amide bonds. The SMILES string of the molecule is CCCCCCCCC(=O)c1ccc(OC)cc1C. The number of carbonyl (C=O) groups is 1. The van der Waals surface area contributed by atoms with E-state index in [2.05, 4.69) is 6.92 Å². The molecule has 1 rings (SSSR count). The monoisotopic (exact) mass is 262 g/mol. The molecule has 0 saturated heterocycles. The smallest absolute Gasteiger partial charge is 0.163 e. The first-order chi connectivity index (χ1) is 9.19. The molecule has 0 fully saturated rings. The fourth-order valence-corrected chi connectivity index (χ4v) is 2.28. The molecule has 2 heteroatoms. The highest BCUT2D eigenvalue weighted by Gasteiger charge is 2.09. The molecule has 0 aliphatic rings. The van der Waals surface area contributed by atoms with Gasteiger partial charge >= 0.3 is 0 Å². The second-order valence-corrected chi connectivity index (χ2v) is 5.12. The van der Waals surface area contributed by atoms with Crippen LogP contribution in [0.25, 0.3) is 0 Å². The Labute approximate surface area is 117 Å². The molecule has 0 aromatic heterocycles. The van der Waals surface area contributed by atoms with Crippen molar-refractivity contribution in [2.45, 2.75) is 58.8 Å². The molecular formula is C17H26O2. The fraction of sp³-hybridized carbons (Fsp3) is 0.588. The van der Waals surface area contributed by atoms with Gasteiger partial charge in [0, 0.05) is 12.0 Å². The number of unbranched alkanes of at least 4 members (excludes halogenated alkanes) is 5. The Morgan fingerprint density at radius 3 is 2.42 bits per heavy atom. The van der Waals surface area contributed by atoms with Gasteiger partial charge in [0.1, 0.15) is 5.75 Å². The molecule has 2 nitrogen and oxygen atoms in total. The average molecular weight is 262 g/mol. The second-order valence-electron chi connectivity index (χ2n) is 5.12. The number of ketones is 1. The number of ether oxygens (including phenoxy) is 1. The summed E-state index contributed by atoms with van der Waals surface area (Å²) in [6.07, 6.45) is 7.97. The number of carbonyl (C=O) groups excluding carboxylic acids is 1. The molecule has 0 atom stereocenters. The van der Waals surface area contributed by atoms with Crippen LogP contribution in [0.4, 0.5) is 0 Å². The van der Waals surface area contributed by atoms with Gasteiger partial charge in [-0.1, -0.05) is 39.0 Å². The summed E-state index contributed by atoms with van der Waals surface area (Å²) in [7, 11) is 1.65. The van der Waals surface area contributed by atoms with Crippen molar-refractivity contribution in [3.8, 4) is 5.75 Å². The van der Waals surface area contributed by atoms with E-state index in [4.69, 9.17) is 4.74 Å². The Morgan fingerprint density at radius 1 is 1.11 bits per heavy atom. The van der Waals surface area contributed by atoms with Crippen molar-refractivity contribution in [1.82, 2.24) is 0 Å². The third kappa shape index (κ3) is 5.46. The summed E-state index contributed by atoms with van der Waals surface area (Å²) >= 11 is 0. The first kappa shape index (κ1) is 15.7. The molecule has 106 valence electrons. The number of benzene rings is 1. The Kier molecular flexibility index (Phi) is 7.24. The van der Waals surface area contributed by atoms with E-state index in [-0.39, 0.29) is 5.78 Å². The van der Waals surface area contributed by atoms with Crippen LogP contribution >= 0.6 is 0 Å². The van der Waals surface area contributed by atoms with Gasteiger partial charge < -0.3 is 4.74 Å². The normalized spacial score (nSPS) is 10.5. The summed E-state index contributed by atoms with van der Waals surface area (Å²) in [6.45, 7) is 4.19. The van der Waals surface area contributed by atoms with Crippen LogP contribution in [0.5, 0.6) is 5.75 Å². The van der Waals surface area contributed by atoms with Crippen LogP contribution in [0.15, 0.2) is 18.2 Å². The zero-order valence-electron chi connectivity index (χ0n) is 12.5. The predicted molar refractivity (Wildman–Crippen MR) is 80.1 cm³/mol. The summed E-state index contributed by atoms with van der Waals surface area (Å²) in [5, 5.41) is 0. The van der Waals surface area contributed by atoms with Gasteiger partial charge in [0.2, 0.25) is 0 Å². The molecular weight excluding hydrogens is 236 g/mol. The summed E-state index contributed by atoms with van der Waals surface area (Å²) in [5.41, 5.74) is 1.85. The van der Waals surface area contributed by atoms with Gasteiger partial charge in [0.05, 0.1) is 7.11 Å². The van der Waals surface area contributed by atoms with Gasteiger partial charge in [0.15, 0.2) is 5.78 Å². The van der Waals surface area contributed by atoms with Crippen molar-refractivity contribution in [2.24, 2.45) is 0 Å². The van der Waals surface area contributed by atoms with E-state index < -0.39 is 0 Å². The van der Waals surface area contributed by atoms with Crippen LogP contribution in [-0.2, 0) is 0 Å². The van der Waals surface area contributed by atoms with E-state index in [9.17, 15) is 4.79 Å². The summed E-state index contributed by atoms with van der Waals surface area (Å²) in [4.78, 5) is 12.1. The average Bonchev–Trinajstić information content (AvgIpc) is 2.42. The lowest BCUT2D eigenvalue weighted by Gasteiger charge is -2.07. The Hall–Kier alpha value is -1.31. The lowest BCUT2D eigenvalue weighted by Crippen LogP contribution is -2.02. The highest BCUT2D eigenvalue weighted by molar-refractivity contribution is 5.97. The molecule has 0 bridgehead atoms. The third-order valence-corrected chi connectivity index (χ3v) is 3.49. The number of hydrogen-bond donors (Lipinski definition) is 0. The first-order valence-corrected chi connectivity index (χ1v) is 7.37. The van der Waals surface area contributed by atoms with Crippen molar-refractivity contribution in [3.05, 3.63) is 29.3 Å². The maximum Gasteiger partial charge on any atom is 0.163 e. The Morgan fingerprint density at radius 2 is 1.79 bits per heavy atom. The molecule has 0 N–H and O–H groups in total. The Balaban J connectivity index is 2.37. The van der Waals surface area contributed by atoms with Crippen LogP contribution in [0.3, 0.4) is 0 Å². The zero-order chi connectivity index (χ0) is 14.1. The van der Waals surface area contributed by atoms with Crippen LogP contribution in [-0.4, -0.2) is 12.9 Å². The number of Topliss-reactive ketones (excluding diaryl/α,β-unsaturated/α-hetero) is 1. The summed E-state index contributed by atoms with van der Waals surface area (Å²) < 4.78 is 5.15. The summed E-state index contributed by atoms with van der Waals surface area (Å²) in [6, 6.07) is 5.67. The lowest BCUT2D eigenvalue weighted by atomic mass is 9.99. The van der Waals surface area contributed by atoms with E-state index in [1.54, 1.807) is 7.11 Å². The van der Waals surface area contributed by atoms with Crippen LogP contribution in [0.2, 0.25) is 0 Å². The zero-order valence-corrected chi connectivity index (χ0v) is 12.5. The topological polar surface area (TPSA) is 26.3 Å². The molecule has 1 aromatic rings. The number of methoxy groups -OCH3 is 1. The van der Waals surface area contributed by atoms with Crippen molar-refractivity contribution in [2.75, 3.05) is 7.11 Å². The van der Waals surface area contributed by atoms with E-state index >= 15 is 0 Å². The fourth-order valence-electron chi connectivity index (χ4n) is 2.28. The number of rotatable bonds is 9. The molecule has 0 saturated carbocycles. The maximum absolute atomic E-state index is 12.1. The quantitative estimate of drug-likeness (QED) is 0.465. The minimum atomic E-state index is 0.260. The summed E-state index contributed by atoms with van der Waals surface area (Å²) in [5.74, 6) is 1.07. The lowest BCUT2D eigenvalue weighted by molar-refractivity contribution is 0.0978. The van der Waals surface area contributed by atoms with Crippen LogP contribution in [0, 0.1) is 6.92 Å². The maximum atomic E-state index is 12.1. The first-order valence-electron chi connectivity index (χ1n) is 7.37. The minimum absolute atomic E-state index is 0.260. The standard InChI is InChI=1S/C17H26O2/c1-4-5-6-7-8-9-10-17(18)16-12-11-15(19-3)13-14(16)2/h11-13H,4-10H2,1-3H3. The molecule has 0 radical (unpaired) electrons. The van der Waals surface area contributed by atoms with Crippen molar-refractivity contribution in [3.63, 3.8) is 0 Å². The third-order valence-electron chi connectivity index (χ3n) is 3.49. The number of aryl methyl sites for hydroxylation is 1. The predicted octanol–water partition coefficient (Wildman–Crippen LogP) is 4.94. The Bertz CT molecular complexity index is 396. The molecule has 0 unspecified atom stereocenters. The molecule has 0 heterocycles. The largest absolute Gasteiger partial charge is 0.497 e. The van der Waals surface area contributed by atoms with Gasteiger partial charge in [-0.15, -0.1) is 0 Å². The molecule has 0 spiro atoms. The van der Waals surface area contributed by atoms with Crippen molar-refractivity contribution in [1.29, 1.82) is 0 Å². The minimum Gasteiger partial charge on any atom is -0.497 e. The van der Waals surface area contributed by atoms with Gasteiger partial charge in [-0.2, -0.15) is 0 Å². The van der Waals surface area contributed by atoms with Crippen molar-refractivity contribution < 1.29 is 9.53 Å².